The average molecular weight is 299 g/mol. The average Bonchev–Trinajstić information content (AvgIpc) is 2.25. The monoisotopic (exact) mass is 299 g/mol. The Morgan fingerprint density at radius 3 is 2.57 bits per heavy atom. The largest absolute Gasteiger partial charge is 0.480 e. The van der Waals surface area contributed by atoms with Crippen molar-refractivity contribution in [2.24, 2.45) is 11.3 Å². The van der Waals surface area contributed by atoms with E-state index in [0.717, 1.165) is 12.8 Å². The number of rotatable bonds is 7. The lowest BCUT2D eigenvalue weighted by Gasteiger charge is -2.40. The Kier molecular flexibility index (Phi) is 6.23. The highest BCUT2D eigenvalue weighted by atomic mass is 16.5. The van der Waals surface area contributed by atoms with E-state index < -0.39 is 11.5 Å². The molecule has 0 aromatic heterocycles. The van der Waals surface area contributed by atoms with Crippen LogP contribution in [-0.4, -0.2) is 35.4 Å². The zero-order chi connectivity index (χ0) is 16.3. The minimum absolute atomic E-state index is 0.0590. The van der Waals surface area contributed by atoms with Gasteiger partial charge in [-0.05, 0) is 51.0 Å². The molecule has 124 valence electrons. The first-order valence-electron chi connectivity index (χ1n) is 8.22. The smallest absolute Gasteiger partial charge is 0.323 e. The van der Waals surface area contributed by atoms with E-state index in [1.54, 1.807) is 6.92 Å². The molecule has 2 N–H and O–H groups in total. The zero-order valence-corrected chi connectivity index (χ0v) is 14.5. The Morgan fingerprint density at radius 1 is 1.48 bits per heavy atom. The summed E-state index contributed by atoms with van der Waals surface area (Å²) in [4.78, 5) is 11.5. The fraction of sp³-hybridized carbons (Fsp3) is 0.941. The number of ether oxygens (including phenoxy) is 1. The fourth-order valence-corrected chi connectivity index (χ4v) is 3.94. The molecule has 0 aliphatic heterocycles. The first-order valence-corrected chi connectivity index (χ1v) is 8.22. The summed E-state index contributed by atoms with van der Waals surface area (Å²) in [7, 11) is 0. The molecule has 0 radical (unpaired) electrons. The quantitative estimate of drug-likeness (QED) is 0.756. The third-order valence-corrected chi connectivity index (χ3v) is 4.51. The lowest BCUT2D eigenvalue weighted by molar-refractivity contribution is -0.147. The van der Waals surface area contributed by atoms with E-state index in [-0.39, 0.29) is 12.2 Å². The van der Waals surface area contributed by atoms with E-state index in [1.807, 2.05) is 13.8 Å². The molecule has 1 fully saturated rings. The van der Waals surface area contributed by atoms with Crippen LogP contribution in [0.4, 0.5) is 0 Å². The van der Waals surface area contributed by atoms with E-state index in [9.17, 15) is 9.90 Å². The Morgan fingerprint density at radius 2 is 2.10 bits per heavy atom. The minimum atomic E-state index is -0.913. The van der Waals surface area contributed by atoms with E-state index in [0.29, 0.717) is 24.3 Å². The maximum atomic E-state index is 11.5. The highest BCUT2D eigenvalue weighted by molar-refractivity contribution is 5.78. The number of hydrogen-bond acceptors (Lipinski definition) is 3. The molecule has 4 nitrogen and oxygen atoms in total. The second-order valence-corrected chi connectivity index (χ2v) is 7.85. The van der Waals surface area contributed by atoms with Crippen LogP contribution in [0.1, 0.15) is 67.2 Å². The van der Waals surface area contributed by atoms with Gasteiger partial charge < -0.3 is 15.2 Å². The number of hydrogen-bond donors (Lipinski definition) is 2. The van der Waals surface area contributed by atoms with Gasteiger partial charge in [0, 0.05) is 6.42 Å². The molecule has 1 aliphatic rings. The first kappa shape index (κ1) is 18.4. The molecule has 0 bridgehead atoms. The summed E-state index contributed by atoms with van der Waals surface area (Å²) in [5.74, 6) is -0.136. The van der Waals surface area contributed by atoms with Crippen molar-refractivity contribution in [1.82, 2.24) is 5.32 Å². The zero-order valence-electron chi connectivity index (χ0n) is 14.5. The van der Waals surface area contributed by atoms with Gasteiger partial charge in [0.15, 0.2) is 0 Å². The predicted octanol–water partition coefficient (Wildman–Crippen LogP) is 3.45. The summed E-state index contributed by atoms with van der Waals surface area (Å²) in [6.07, 6.45) is 4.06. The Bertz CT molecular complexity index is 356. The van der Waals surface area contributed by atoms with Gasteiger partial charge in [0.05, 0.1) is 12.2 Å². The lowest BCUT2D eigenvalue weighted by atomic mass is 9.71. The van der Waals surface area contributed by atoms with Crippen LogP contribution in [0.3, 0.4) is 0 Å². The van der Waals surface area contributed by atoms with Gasteiger partial charge in [-0.1, -0.05) is 27.7 Å². The van der Waals surface area contributed by atoms with E-state index in [1.165, 1.54) is 6.42 Å². The van der Waals surface area contributed by atoms with Crippen molar-refractivity contribution in [3.63, 3.8) is 0 Å². The van der Waals surface area contributed by atoms with Gasteiger partial charge in [0.1, 0.15) is 5.54 Å². The van der Waals surface area contributed by atoms with Crippen molar-refractivity contribution in [3.05, 3.63) is 0 Å². The van der Waals surface area contributed by atoms with Crippen molar-refractivity contribution in [2.75, 3.05) is 6.54 Å². The third kappa shape index (κ3) is 5.59. The maximum absolute atomic E-state index is 11.5. The summed E-state index contributed by atoms with van der Waals surface area (Å²) in [5.41, 5.74) is -0.593. The predicted molar refractivity (Wildman–Crippen MR) is 85.5 cm³/mol. The fourth-order valence-electron chi connectivity index (χ4n) is 3.94. The number of aliphatic carboxylic acids is 1. The molecular formula is C17H33NO3. The van der Waals surface area contributed by atoms with Crippen molar-refractivity contribution in [3.8, 4) is 0 Å². The molecule has 1 saturated carbocycles. The van der Waals surface area contributed by atoms with Crippen LogP contribution in [0.15, 0.2) is 0 Å². The maximum Gasteiger partial charge on any atom is 0.323 e. The lowest BCUT2D eigenvalue weighted by Crippen LogP contribution is -2.51. The molecule has 0 aromatic rings. The van der Waals surface area contributed by atoms with Crippen LogP contribution in [-0.2, 0) is 9.53 Å². The third-order valence-electron chi connectivity index (χ3n) is 4.51. The second kappa shape index (κ2) is 7.10. The van der Waals surface area contributed by atoms with Crippen LogP contribution in [0.2, 0.25) is 0 Å². The van der Waals surface area contributed by atoms with Crippen LogP contribution in [0, 0.1) is 11.3 Å². The molecule has 0 heterocycles. The van der Waals surface area contributed by atoms with Crippen molar-refractivity contribution >= 4 is 5.97 Å². The Hall–Kier alpha value is -0.610. The van der Waals surface area contributed by atoms with Gasteiger partial charge in [-0.15, -0.1) is 0 Å². The summed E-state index contributed by atoms with van der Waals surface area (Å²) in [6.45, 7) is 13.2. The van der Waals surface area contributed by atoms with Gasteiger partial charge in [-0.3, -0.25) is 4.79 Å². The normalized spacial score (nSPS) is 29.6. The number of nitrogens with one attached hydrogen (secondary N) is 1. The first-order chi connectivity index (χ1) is 9.58. The van der Waals surface area contributed by atoms with E-state index in [2.05, 4.69) is 26.1 Å². The molecule has 4 unspecified atom stereocenters. The topological polar surface area (TPSA) is 58.6 Å². The van der Waals surface area contributed by atoms with Crippen LogP contribution < -0.4 is 5.32 Å². The standard InChI is InChI=1S/C17H33NO3/c1-7-18-17(6,15(19)20)10-13(3)21-14-8-12(2)9-16(4,5)11-14/h12-14,18H,7-11H2,1-6H3,(H,19,20). The molecular weight excluding hydrogens is 266 g/mol. The van der Waals surface area contributed by atoms with Gasteiger partial charge >= 0.3 is 5.97 Å². The molecule has 0 amide bonds. The summed E-state index contributed by atoms with van der Waals surface area (Å²) >= 11 is 0. The van der Waals surface area contributed by atoms with Gasteiger partial charge in [-0.2, -0.15) is 0 Å². The summed E-state index contributed by atoms with van der Waals surface area (Å²) in [6, 6.07) is 0. The van der Waals surface area contributed by atoms with Crippen molar-refractivity contribution in [2.45, 2.75) is 85.0 Å². The highest BCUT2D eigenvalue weighted by Gasteiger charge is 2.37. The van der Waals surface area contributed by atoms with E-state index >= 15 is 0 Å². The Balaban J connectivity index is 2.60. The molecule has 0 saturated heterocycles. The van der Waals surface area contributed by atoms with Crippen molar-refractivity contribution < 1.29 is 14.6 Å². The molecule has 1 rings (SSSR count). The van der Waals surface area contributed by atoms with Crippen LogP contribution >= 0.6 is 0 Å². The van der Waals surface area contributed by atoms with Crippen molar-refractivity contribution in [1.29, 1.82) is 0 Å². The number of likely N-dealkylation sites (N-methyl/N-ethyl adjacent to an activating group) is 1. The van der Waals surface area contributed by atoms with Gasteiger partial charge in [0.2, 0.25) is 0 Å². The number of carbonyl (C=O) groups is 1. The summed E-state index contributed by atoms with van der Waals surface area (Å²) in [5, 5.41) is 12.5. The van der Waals surface area contributed by atoms with Crippen LogP contribution in [0.25, 0.3) is 0 Å². The molecule has 0 aromatic carbocycles. The number of carboxylic acids is 1. The highest BCUT2D eigenvalue weighted by Crippen LogP contribution is 2.40. The SMILES string of the molecule is CCNC(C)(CC(C)OC1CC(C)CC(C)(C)C1)C(=O)O. The molecule has 1 aliphatic carbocycles. The van der Waals surface area contributed by atoms with Gasteiger partial charge in [0.25, 0.3) is 0 Å². The molecule has 4 heteroatoms. The van der Waals surface area contributed by atoms with Gasteiger partial charge in [-0.25, -0.2) is 0 Å². The molecule has 4 atom stereocenters. The molecule has 21 heavy (non-hydrogen) atoms. The number of carboxylic acid groups (broad SMARTS) is 1. The minimum Gasteiger partial charge on any atom is -0.480 e. The Labute approximate surface area is 129 Å². The summed E-state index contributed by atoms with van der Waals surface area (Å²) < 4.78 is 6.19. The van der Waals surface area contributed by atoms with E-state index in [4.69, 9.17) is 4.74 Å². The van der Waals surface area contributed by atoms with Crippen LogP contribution in [0.5, 0.6) is 0 Å². The second-order valence-electron chi connectivity index (χ2n) is 7.85. The molecule has 0 spiro atoms.